The van der Waals surface area contributed by atoms with Crippen molar-refractivity contribution in [2.45, 2.75) is 13.5 Å². The van der Waals surface area contributed by atoms with Crippen LogP contribution in [0.4, 0.5) is 0 Å². The number of carbonyl (C=O) groups excluding carboxylic acids is 1. The Labute approximate surface area is 141 Å². The quantitative estimate of drug-likeness (QED) is 0.804. The molecule has 4 heteroatoms. The second-order valence-electron chi connectivity index (χ2n) is 5.93. The van der Waals surface area contributed by atoms with Crippen LogP contribution in [0.1, 0.15) is 16.0 Å². The van der Waals surface area contributed by atoms with Crippen molar-refractivity contribution in [3.8, 4) is 0 Å². The molecule has 1 aliphatic rings. The first-order chi connectivity index (χ1) is 11.2. The largest absolute Gasteiger partial charge is 0.337 e. The minimum atomic E-state index is 0.113. The van der Waals surface area contributed by atoms with Gasteiger partial charge in [0, 0.05) is 43.7 Å². The van der Waals surface area contributed by atoms with Gasteiger partial charge in [0.15, 0.2) is 0 Å². The Hall–Kier alpha value is -1.91. The summed E-state index contributed by atoms with van der Waals surface area (Å²) >= 11 is 1.80. The normalized spacial score (nSPS) is 16.1. The van der Waals surface area contributed by atoms with Crippen LogP contribution in [0.3, 0.4) is 0 Å². The van der Waals surface area contributed by atoms with Gasteiger partial charge < -0.3 is 4.90 Å². The molecular weight excluding hydrogens is 304 g/mol. The van der Waals surface area contributed by atoms with Gasteiger partial charge >= 0.3 is 0 Å². The highest BCUT2D eigenvalue weighted by molar-refractivity contribution is 7.09. The van der Waals surface area contributed by atoms with E-state index in [2.05, 4.69) is 41.5 Å². The Morgan fingerprint density at radius 1 is 1.17 bits per heavy atom. The number of hydrogen-bond acceptors (Lipinski definition) is 3. The number of benzene rings is 1. The molecule has 1 saturated heterocycles. The Kier molecular flexibility index (Phi) is 5.26. The average molecular weight is 326 g/mol. The van der Waals surface area contributed by atoms with Gasteiger partial charge in [0.1, 0.15) is 0 Å². The van der Waals surface area contributed by atoms with Crippen LogP contribution in [0.2, 0.25) is 0 Å². The SMILES string of the molecule is Cc1cccc(/C=C/C(=O)N2CCN(Cc3cccs3)CC2)c1. The molecule has 3 nitrogen and oxygen atoms in total. The predicted octanol–water partition coefficient (Wildman–Crippen LogP) is 3.41. The Morgan fingerprint density at radius 2 is 2.00 bits per heavy atom. The molecule has 0 N–H and O–H groups in total. The molecular formula is C19H22N2OS. The summed E-state index contributed by atoms with van der Waals surface area (Å²) in [5.41, 5.74) is 2.29. The number of nitrogens with zero attached hydrogens (tertiary/aromatic N) is 2. The number of piperazine rings is 1. The van der Waals surface area contributed by atoms with Crippen LogP contribution in [-0.2, 0) is 11.3 Å². The number of carbonyl (C=O) groups is 1. The maximum atomic E-state index is 12.3. The molecule has 1 aromatic heterocycles. The lowest BCUT2D eigenvalue weighted by Gasteiger charge is -2.33. The first kappa shape index (κ1) is 16.0. The summed E-state index contributed by atoms with van der Waals surface area (Å²) in [6.45, 7) is 6.57. The van der Waals surface area contributed by atoms with E-state index < -0.39 is 0 Å². The Balaban J connectivity index is 1.50. The van der Waals surface area contributed by atoms with Gasteiger partial charge in [-0.05, 0) is 30.0 Å². The third kappa shape index (κ3) is 4.53. The van der Waals surface area contributed by atoms with E-state index in [1.807, 2.05) is 23.1 Å². The molecule has 1 amide bonds. The molecule has 0 saturated carbocycles. The van der Waals surface area contributed by atoms with E-state index in [9.17, 15) is 4.79 Å². The van der Waals surface area contributed by atoms with E-state index >= 15 is 0 Å². The van der Waals surface area contributed by atoms with E-state index in [4.69, 9.17) is 0 Å². The van der Waals surface area contributed by atoms with Crippen LogP contribution in [-0.4, -0.2) is 41.9 Å². The molecule has 0 unspecified atom stereocenters. The van der Waals surface area contributed by atoms with E-state index in [-0.39, 0.29) is 5.91 Å². The fraction of sp³-hybridized carbons (Fsp3) is 0.316. The van der Waals surface area contributed by atoms with Gasteiger partial charge in [0.2, 0.25) is 5.91 Å². The fourth-order valence-corrected chi connectivity index (χ4v) is 3.54. The third-order valence-electron chi connectivity index (χ3n) is 4.10. The van der Waals surface area contributed by atoms with E-state index in [0.717, 1.165) is 38.3 Å². The number of hydrogen-bond donors (Lipinski definition) is 0. The molecule has 2 aromatic rings. The summed E-state index contributed by atoms with van der Waals surface area (Å²) in [6.07, 6.45) is 3.61. The summed E-state index contributed by atoms with van der Waals surface area (Å²) in [5.74, 6) is 0.113. The molecule has 2 heterocycles. The third-order valence-corrected chi connectivity index (χ3v) is 4.97. The van der Waals surface area contributed by atoms with Crippen LogP contribution in [0.15, 0.2) is 47.9 Å². The molecule has 23 heavy (non-hydrogen) atoms. The highest BCUT2D eigenvalue weighted by Crippen LogP contribution is 2.14. The molecule has 120 valence electrons. The van der Waals surface area contributed by atoms with E-state index in [1.165, 1.54) is 10.4 Å². The average Bonchev–Trinajstić information content (AvgIpc) is 3.06. The lowest BCUT2D eigenvalue weighted by Crippen LogP contribution is -2.47. The van der Waals surface area contributed by atoms with Crippen molar-refractivity contribution in [2.75, 3.05) is 26.2 Å². The van der Waals surface area contributed by atoms with Gasteiger partial charge in [-0.25, -0.2) is 0 Å². The number of thiophene rings is 1. The first-order valence-electron chi connectivity index (χ1n) is 7.99. The highest BCUT2D eigenvalue weighted by Gasteiger charge is 2.19. The molecule has 0 atom stereocenters. The van der Waals surface area contributed by atoms with Crippen molar-refractivity contribution in [1.29, 1.82) is 0 Å². The zero-order chi connectivity index (χ0) is 16.1. The standard InChI is InChI=1S/C19H22N2OS/c1-16-4-2-5-17(14-16)7-8-19(22)21-11-9-20(10-12-21)15-18-6-3-13-23-18/h2-8,13-14H,9-12,15H2,1H3/b8-7+. The van der Waals surface area contributed by atoms with Crippen molar-refractivity contribution in [1.82, 2.24) is 9.80 Å². The fourth-order valence-electron chi connectivity index (χ4n) is 2.80. The molecule has 0 spiro atoms. The van der Waals surface area contributed by atoms with Gasteiger partial charge in [-0.3, -0.25) is 9.69 Å². The molecule has 3 rings (SSSR count). The predicted molar refractivity (Wildman–Crippen MR) is 96.4 cm³/mol. The first-order valence-corrected chi connectivity index (χ1v) is 8.87. The zero-order valence-electron chi connectivity index (χ0n) is 13.4. The van der Waals surface area contributed by atoms with Crippen LogP contribution < -0.4 is 0 Å². The second kappa shape index (κ2) is 7.57. The molecule has 0 aliphatic carbocycles. The minimum Gasteiger partial charge on any atom is -0.337 e. The molecule has 0 bridgehead atoms. The van der Waals surface area contributed by atoms with Crippen molar-refractivity contribution >= 4 is 23.3 Å². The molecule has 0 radical (unpaired) electrons. The van der Waals surface area contributed by atoms with Crippen molar-refractivity contribution in [3.05, 3.63) is 63.9 Å². The van der Waals surface area contributed by atoms with Gasteiger partial charge in [0.05, 0.1) is 0 Å². The van der Waals surface area contributed by atoms with Crippen LogP contribution in [0.5, 0.6) is 0 Å². The summed E-state index contributed by atoms with van der Waals surface area (Å²) < 4.78 is 0. The molecule has 1 aliphatic heterocycles. The minimum absolute atomic E-state index is 0.113. The molecule has 1 aromatic carbocycles. The maximum absolute atomic E-state index is 12.3. The van der Waals surface area contributed by atoms with Crippen molar-refractivity contribution < 1.29 is 4.79 Å². The van der Waals surface area contributed by atoms with Gasteiger partial charge in [-0.2, -0.15) is 0 Å². The van der Waals surface area contributed by atoms with Crippen LogP contribution in [0.25, 0.3) is 6.08 Å². The maximum Gasteiger partial charge on any atom is 0.246 e. The van der Waals surface area contributed by atoms with Gasteiger partial charge in [0.25, 0.3) is 0 Å². The zero-order valence-corrected chi connectivity index (χ0v) is 14.3. The summed E-state index contributed by atoms with van der Waals surface area (Å²) in [4.78, 5) is 18.1. The van der Waals surface area contributed by atoms with E-state index in [1.54, 1.807) is 17.4 Å². The van der Waals surface area contributed by atoms with Crippen molar-refractivity contribution in [2.24, 2.45) is 0 Å². The Morgan fingerprint density at radius 3 is 2.70 bits per heavy atom. The topological polar surface area (TPSA) is 23.6 Å². The molecule has 1 fully saturated rings. The van der Waals surface area contributed by atoms with Gasteiger partial charge in [-0.1, -0.05) is 35.9 Å². The smallest absolute Gasteiger partial charge is 0.246 e. The highest BCUT2D eigenvalue weighted by atomic mass is 32.1. The van der Waals surface area contributed by atoms with Crippen molar-refractivity contribution in [3.63, 3.8) is 0 Å². The van der Waals surface area contributed by atoms with E-state index in [0.29, 0.717) is 0 Å². The lowest BCUT2D eigenvalue weighted by atomic mass is 10.1. The second-order valence-corrected chi connectivity index (χ2v) is 6.96. The number of rotatable bonds is 4. The monoisotopic (exact) mass is 326 g/mol. The van der Waals surface area contributed by atoms with Crippen LogP contribution in [0, 0.1) is 6.92 Å². The Bertz CT molecular complexity index is 670. The van der Waals surface area contributed by atoms with Gasteiger partial charge in [-0.15, -0.1) is 11.3 Å². The number of amides is 1. The lowest BCUT2D eigenvalue weighted by molar-refractivity contribution is -0.127. The summed E-state index contributed by atoms with van der Waals surface area (Å²) in [5, 5.41) is 2.12. The summed E-state index contributed by atoms with van der Waals surface area (Å²) in [7, 11) is 0. The van der Waals surface area contributed by atoms with Crippen LogP contribution >= 0.6 is 11.3 Å². The number of aryl methyl sites for hydroxylation is 1. The summed E-state index contributed by atoms with van der Waals surface area (Å²) in [6, 6.07) is 12.5.